The fourth-order valence-corrected chi connectivity index (χ4v) is 3.09. The van der Waals surface area contributed by atoms with Gasteiger partial charge in [0.1, 0.15) is 0 Å². The van der Waals surface area contributed by atoms with Crippen molar-refractivity contribution in [2.75, 3.05) is 33.3 Å². The van der Waals surface area contributed by atoms with Gasteiger partial charge in [0.15, 0.2) is 11.5 Å². The number of hydrogen-bond acceptors (Lipinski definition) is 4. The molecule has 0 unspecified atom stereocenters. The van der Waals surface area contributed by atoms with Crippen LogP contribution in [0.3, 0.4) is 0 Å². The number of halogens is 4. The number of hydrogen-bond donors (Lipinski definition) is 2. The minimum atomic E-state index is -2.44. The Kier molecular flexibility index (Phi) is 7.82. The van der Waals surface area contributed by atoms with Crippen LogP contribution in [0.2, 0.25) is 0 Å². The molecule has 1 atom stereocenters. The van der Waals surface area contributed by atoms with Gasteiger partial charge in [-0.25, -0.2) is 8.78 Å². The molecule has 0 bridgehead atoms. The molecular formula is C14H20BrClF2N2O2. The van der Waals surface area contributed by atoms with Gasteiger partial charge in [0.2, 0.25) is 6.43 Å². The number of benzene rings is 1. The molecule has 1 aliphatic heterocycles. The van der Waals surface area contributed by atoms with E-state index < -0.39 is 12.5 Å². The summed E-state index contributed by atoms with van der Waals surface area (Å²) in [6, 6.07) is 2.78. The van der Waals surface area contributed by atoms with Crippen LogP contribution >= 0.6 is 28.3 Å². The van der Waals surface area contributed by atoms with E-state index in [0.717, 1.165) is 13.1 Å². The first-order valence-electron chi connectivity index (χ1n) is 6.82. The Bertz CT molecular complexity index is 488. The lowest BCUT2D eigenvalue weighted by Crippen LogP contribution is -2.45. The van der Waals surface area contributed by atoms with Crippen LogP contribution in [0.1, 0.15) is 18.0 Å². The number of methoxy groups -OCH3 is 1. The van der Waals surface area contributed by atoms with E-state index in [4.69, 9.17) is 4.74 Å². The smallest absolute Gasteiger partial charge is 0.240 e. The van der Waals surface area contributed by atoms with Gasteiger partial charge in [0.05, 0.1) is 7.11 Å². The van der Waals surface area contributed by atoms with Crippen molar-refractivity contribution in [1.29, 1.82) is 0 Å². The molecule has 1 saturated heterocycles. The van der Waals surface area contributed by atoms with Crippen LogP contribution in [-0.4, -0.2) is 49.7 Å². The molecule has 126 valence electrons. The quantitative estimate of drug-likeness (QED) is 0.795. The van der Waals surface area contributed by atoms with Gasteiger partial charge in [-0.1, -0.05) is 15.9 Å². The largest absolute Gasteiger partial charge is 0.504 e. The summed E-state index contributed by atoms with van der Waals surface area (Å²) in [6.45, 7) is 2.86. The van der Waals surface area contributed by atoms with Crippen LogP contribution in [0, 0.1) is 0 Å². The van der Waals surface area contributed by atoms with Gasteiger partial charge >= 0.3 is 0 Å². The predicted octanol–water partition coefficient (Wildman–Crippen LogP) is 3.19. The SMILES string of the molecule is COc1cc(Br)cc([C@@H](CC(F)F)N2CCNCC2)c1O.Cl. The van der Waals surface area contributed by atoms with Crippen LogP contribution in [-0.2, 0) is 0 Å². The molecule has 0 amide bonds. The minimum Gasteiger partial charge on any atom is -0.504 e. The Morgan fingerprint density at radius 2 is 2.00 bits per heavy atom. The van der Waals surface area contributed by atoms with E-state index in [2.05, 4.69) is 21.2 Å². The highest BCUT2D eigenvalue weighted by atomic mass is 79.9. The number of nitrogens with zero attached hydrogens (tertiary/aromatic N) is 1. The molecule has 2 rings (SSSR count). The van der Waals surface area contributed by atoms with Gasteiger partial charge in [-0.3, -0.25) is 4.90 Å². The maximum absolute atomic E-state index is 13.0. The first kappa shape index (κ1) is 19.4. The summed E-state index contributed by atoms with van der Waals surface area (Å²) in [5.41, 5.74) is 0.475. The van der Waals surface area contributed by atoms with E-state index in [9.17, 15) is 13.9 Å². The predicted molar refractivity (Wildman–Crippen MR) is 87.4 cm³/mol. The Hall–Kier alpha value is -0.630. The molecule has 8 heteroatoms. The Morgan fingerprint density at radius 3 is 2.55 bits per heavy atom. The van der Waals surface area contributed by atoms with E-state index in [1.807, 2.05) is 4.90 Å². The minimum absolute atomic E-state index is 0. The normalized spacial score (nSPS) is 17.1. The van der Waals surface area contributed by atoms with Crippen molar-refractivity contribution in [1.82, 2.24) is 10.2 Å². The molecule has 0 aliphatic carbocycles. The highest BCUT2D eigenvalue weighted by Crippen LogP contribution is 2.41. The topological polar surface area (TPSA) is 44.7 Å². The van der Waals surface area contributed by atoms with E-state index in [-0.39, 0.29) is 30.3 Å². The van der Waals surface area contributed by atoms with Crippen molar-refractivity contribution in [2.24, 2.45) is 0 Å². The highest BCUT2D eigenvalue weighted by Gasteiger charge is 2.29. The van der Waals surface area contributed by atoms with Gasteiger partial charge in [0, 0.05) is 48.7 Å². The molecule has 0 spiro atoms. The fraction of sp³-hybridized carbons (Fsp3) is 0.571. The van der Waals surface area contributed by atoms with Crippen LogP contribution in [0.25, 0.3) is 0 Å². The third-order valence-corrected chi connectivity index (χ3v) is 4.10. The van der Waals surface area contributed by atoms with Crippen molar-refractivity contribution >= 4 is 28.3 Å². The van der Waals surface area contributed by atoms with Crippen molar-refractivity contribution in [3.05, 3.63) is 22.2 Å². The summed E-state index contributed by atoms with van der Waals surface area (Å²) < 4.78 is 31.8. The van der Waals surface area contributed by atoms with Gasteiger partial charge < -0.3 is 15.2 Å². The monoisotopic (exact) mass is 400 g/mol. The molecular weight excluding hydrogens is 382 g/mol. The van der Waals surface area contributed by atoms with Gasteiger partial charge in [0.25, 0.3) is 0 Å². The van der Waals surface area contributed by atoms with Crippen LogP contribution in [0.4, 0.5) is 8.78 Å². The van der Waals surface area contributed by atoms with Crippen molar-refractivity contribution in [2.45, 2.75) is 18.9 Å². The molecule has 2 N–H and O–H groups in total. The molecule has 1 aromatic carbocycles. The van der Waals surface area contributed by atoms with E-state index in [1.165, 1.54) is 7.11 Å². The molecule has 1 aliphatic rings. The summed E-state index contributed by atoms with van der Waals surface area (Å²) in [4.78, 5) is 1.98. The third-order valence-electron chi connectivity index (χ3n) is 3.64. The zero-order chi connectivity index (χ0) is 15.4. The summed E-state index contributed by atoms with van der Waals surface area (Å²) in [5.74, 6) is 0.221. The Balaban J connectivity index is 0.00000242. The number of aromatic hydroxyl groups is 1. The molecule has 0 saturated carbocycles. The van der Waals surface area contributed by atoms with E-state index in [1.54, 1.807) is 12.1 Å². The second-order valence-corrected chi connectivity index (χ2v) is 5.89. The Labute approximate surface area is 143 Å². The number of ether oxygens (including phenoxy) is 1. The van der Waals surface area contributed by atoms with Crippen molar-refractivity contribution in [3.8, 4) is 11.5 Å². The number of piperazine rings is 1. The number of rotatable bonds is 5. The second-order valence-electron chi connectivity index (χ2n) is 4.97. The highest BCUT2D eigenvalue weighted by molar-refractivity contribution is 9.10. The number of alkyl halides is 2. The summed E-state index contributed by atoms with van der Waals surface area (Å²) >= 11 is 3.34. The molecule has 4 nitrogen and oxygen atoms in total. The molecule has 1 fully saturated rings. The first-order valence-corrected chi connectivity index (χ1v) is 7.61. The van der Waals surface area contributed by atoms with Crippen LogP contribution in [0.5, 0.6) is 11.5 Å². The van der Waals surface area contributed by atoms with Crippen LogP contribution < -0.4 is 10.1 Å². The molecule has 1 heterocycles. The first-order chi connectivity index (χ1) is 10.0. The zero-order valence-corrected chi connectivity index (χ0v) is 14.6. The van der Waals surface area contributed by atoms with Gasteiger partial charge in [-0.05, 0) is 12.1 Å². The standard InChI is InChI=1S/C14H19BrF2N2O2.ClH/c1-21-12-7-9(15)6-10(14(12)20)11(8-13(16)17)19-4-2-18-3-5-19;/h6-7,11,13,18,20H,2-5,8H2,1H3;1H/t11-;/m1./s1. The summed E-state index contributed by atoms with van der Waals surface area (Å²) in [5, 5.41) is 13.5. The van der Waals surface area contributed by atoms with Crippen molar-refractivity contribution < 1.29 is 18.6 Å². The summed E-state index contributed by atoms with van der Waals surface area (Å²) in [7, 11) is 1.44. The maximum atomic E-state index is 13.0. The number of phenols is 1. The van der Waals surface area contributed by atoms with Crippen molar-refractivity contribution in [3.63, 3.8) is 0 Å². The Morgan fingerprint density at radius 1 is 1.36 bits per heavy atom. The van der Waals surface area contributed by atoms with E-state index >= 15 is 0 Å². The molecule has 0 radical (unpaired) electrons. The van der Waals surface area contributed by atoms with Gasteiger partial charge in [-0.2, -0.15) is 0 Å². The maximum Gasteiger partial charge on any atom is 0.240 e. The summed E-state index contributed by atoms with van der Waals surface area (Å²) in [6.07, 6.45) is -2.75. The average molecular weight is 402 g/mol. The second kappa shape index (κ2) is 8.86. The fourth-order valence-electron chi connectivity index (χ4n) is 2.64. The molecule has 1 aromatic rings. The lowest BCUT2D eigenvalue weighted by atomic mass is 9.99. The number of phenolic OH excluding ortho intramolecular Hbond substituents is 1. The van der Waals surface area contributed by atoms with Gasteiger partial charge in [-0.15, -0.1) is 12.4 Å². The zero-order valence-electron chi connectivity index (χ0n) is 12.2. The molecule has 22 heavy (non-hydrogen) atoms. The van der Waals surface area contributed by atoms with Crippen LogP contribution in [0.15, 0.2) is 16.6 Å². The lowest BCUT2D eigenvalue weighted by molar-refractivity contribution is 0.0728. The number of nitrogens with one attached hydrogen (secondary N) is 1. The third kappa shape index (κ3) is 4.68. The molecule has 0 aromatic heterocycles. The van der Waals surface area contributed by atoms with E-state index in [0.29, 0.717) is 23.1 Å². The average Bonchev–Trinajstić information content (AvgIpc) is 2.47. The lowest BCUT2D eigenvalue weighted by Gasteiger charge is -2.35.